The van der Waals surface area contributed by atoms with Crippen molar-refractivity contribution in [3.63, 3.8) is 0 Å². The smallest absolute Gasteiger partial charge is 0.0819 e. The molecule has 3 atom stereocenters. The van der Waals surface area contributed by atoms with Gasteiger partial charge in [-0.25, -0.2) is 0 Å². The Hall–Kier alpha value is -0.570. The molecule has 1 aromatic carbocycles. The summed E-state index contributed by atoms with van der Waals surface area (Å²) in [6.07, 6.45) is 3.94. The van der Waals surface area contributed by atoms with Gasteiger partial charge in [0.15, 0.2) is 0 Å². The van der Waals surface area contributed by atoms with Crippen molar-refractivity contribution in [2.24, 2.45) is 5.92 Å². The molecule has 1 saturated heterocycles. The monoisotopic (exact) mass is 267 g/mol. The molecule has 0 radical (unpaired) electrons. The molecule has 0 aliphatic carbocycles. The van der Waals surface area contributed by atoms with Crippen molar-refractivity contribution in [1.82, 2.24) is 5.32 Å². The lowest BCUT2D eigenvalue weighted by molar-refractivity contribution is 0.136. The van der Waals surface area contributed by atoms with Gasteiger partial charge in [-0.2, -0.15) is 0 Å². The van der Waals surface area contributed by atoms with Crippen LogP contribution in [0.25, 0.3) is 0 Å². The summed E-state index contributed by atoms with van der Waals surface area (Å²) in [5, 5.41) is 14.4. The van der Waals surface area contributed by atoms with Gasteiger partial charge in [0.05, 0.1) is 6.10 Å². The van der Waals surface area contributed by atoms with Gasteiger partial charge in [0.2, 0.25) is 0 Å². The highest BCUT2D eigenvalue weighted by Crippen LogP contribution is 2.29. The summed E-state index contributed by atoms with van der Waals surface area (Å²) < 4.78 is 0. The maximum absolute atomic E-state index is 10.3. The van der Waals surface area contributed by atoms with E-state index in [1.54, 1.807) is 0 Å². The SMILES string of the molecule is CCC1CCNC(CC(O)c2ccccc2Cl)C1. The predicted molar refractivity (Wildman–Crippen MR) is 75.8 cm³/mol. The van der Waals surface area contributed by atoms with Gasteiger partial charge in [0, 0.05) is 11.1 Å². The highest BCUT2D eigenvalue weighted by Gasteiger charge is 2.23. The zero-order chi connectivity index (χ0) is 13.0. The second kappa shape index (κ2) is 6.55. The van der Waals surface area contributed by atoms with E-state index < -0.39 is 6.10 Å². The Labute approximate surface area is 114 Å². The van der Waals surface area contributed by atoms with Crippen molar-refractivity contribution < 1.29 is 5.11 Å². The lowest BCUT2D eigenvalue weighted by Crippen LogP contribution is -2.38. The van der Waals surface area contributed by atoms with Crippen LogP contribution >= 0.6 is 11.6 Å². The number of rotatable bonds is 4. The number of aliphatic hydroxyl groups is 1. The lowest BCUT2D eigenvalue weighted by Gasteiger charge is -2.31. The topological polar surface area (TPSA) is 32.3 Å². The van der Waals surface area contributed by atoms with E-state index in [-0.39, 0.29) is 0 Å². The zero-order valence-electron chi connectivity index (χ0n) is 10.9. The Morgan fingerprint density at radius 1 is 1.44 bits per heavy atom. The molecule has 1 aromatic rings. The van der Waals surface area contributed by atoms with E-state index in [2.05, 4.69) is 12.2 Å². The van der Waals surface area contributed by atoms with Crippen LogP contribution in [0, 0.1) is 5.92 Å². The molecule has 0 aromatic heterocycles. The average molecular weight is 268 g/mol. The molecule has 0 amide bonds. The van der Waals surface area contributed by atoms with E-state index >= 15 is 0 Å². The molecule has 2 nitrogen and oxygen atoms in total. The highest BCUT2D eigenvalue weighted by atomic mass is 35.5. The fraction of sp³-hybridized carbons (Fsp3) is 0.600. The average Bonchev–Trinajstić information content (AvgIpc) is 2.39. The quantitative estimate of drug-likeness (QED) is 0.875. The van der Waals surface area contributed by atoms with Crippen LogP contribution in [-0.2, 0) is 0 Å². The maximum atomic E-state index is 10.3. The Morgan fingerprint density at radius 2 is 2.22 bits per heavy atom. The minimum Gasteiger partial charge on any atom is -0.388 e. The summed E-state index contributed by atoms with van der Waals surface area (Å²) in [7, 11) is 0. The predicted octanol–water partition coefficient (Wildman–Crippen LogP) is 3.54. The summed E-state index contributed by atoms with van der Waals surface area (Å²) in [6, 6.07) is 7.98. The highest BCUT2D eigenvalue weighted by molar-refractivity contribution is 6.31. The van der Waals surface area contributed by atoms with Gasteiger partial charge in [-0.3, -0.25) is 0 Å². The molecular weight excluding hydrogens is 246 g/mol. The first kappa shape index (κ1) is 13.9. The fourth-order valence-electron chi connectivity index (χ4n) is 2.79. The van der Waals surface area contributed by atoms with Crippen LogP contribution in [0.1, 0.15) is 44.3 Å². The van der Waals surface area contributed by atoms with Crippen LogP contribution in [0.5, 0.6) is 0 Å². The van der Waals surface area contributed by atoms with Crippen molar-refractivity contribution >= 4 is 11.6 Å². The Bertz CT molecular complexity index is 383. The van der Waals surface area contributed by atoms with Crippen molar-refractivity contribution in [1.29, 1.82) is 0 Å². The normalized spacial score (nSPS) is 25.9. The Balaban J connectivity index is 1.95. The number of benzene rings is 1. The van der Waals surface area contributed by atoms with Gasteiger partial charge >= 0.3 is 0 Å². The van der Waals surface area contributed by atoms with Gasteiger partial charge in [0.1, 0.15) is 0 Å². The summed E-state index contributed by atoms with van der Waals surface area (Å²) >= 11 is 6.11. The molecule has 0 spiro atoms. The summed E-state index contributed by atoms with van der Waals surface area (Å²) in [4.78, 5) is 0. The van der Waals surface area contributed by atoms with Crippen LogP contribution in [0.3, 0.4) is 0 Å². The number of nitrogens with one attached hydrogen (secondary N) is 1. The first-order valence-corrected chi connectivity index (χ1v) is 7.24. The molecule has 2 rings (SSSR count). The second-order valence-corrected chi connectivity index (χ2v) is 5.63. The zero-order valence-corrected chi connectivity index (χ0v) is 11.7. The Kier molecular flexibility index (Phi) is 5.04. The van der Waals surface area contributed by atoms with Crippen LogP contribution in [-0.4, -0.2) is 17.7 Å². The van der Waals surface area contributed by atoms with Crippen LogP contribution in [0.2, 0.25) is 5.02 Å². The third kappa shape index (κ3) is 3.47. The van der Waals surface area contributed by atoms with Crippen molar-refractivity contribution in [3.05, 3.63) is 34.9 Å². The van der Waals surface area contributed by atoms with Gasteiger partial charge < -0.3 is 10.4 Å². The summed E-state index contributed by atoms with van der Waals surface area (Å²) in [6.45, 7) is 3.32. The molecule has 0 bridgehead atoms. The minimum atomic E-state index is -0.466. The number of hydrogen-bond donors (Lipinski definition) is 2. The number of piperidine rings is 1. The molecule has 18 heavy (non-hydrogen) atoms. The van der Waals surface area contributed by atoms with E-state index in [9.17, 15) is 5.11 Å². The van der Waals surface area contributed by atoms with E-state index in [1.165, 1.54) is 12.8 Å². The standard InChI is InChI=1S/C15H22ClNO/c1-2-11-7-8-17-12(9-11)10-15(18)13-5-3-4-6-14(13)16/h3-6,11-12,15,17-18H,2,7-10H2,1H3. The van der Waals surface area contributed by atoms with Crippen molar-refractivity contribution in [2.45, 2.75) is 44.8 Å². The van der Waals surface area contributed by atoms with Gasteiger partial charge in [0.25, 0.3) is 0 Å². The van der Waals surface area contributed by atoms with Crippen LogP contribution < -0.4 is 5.32 Å². The number of halogens is 1. The molecule has 0 saturated carbocycles. The molecule has 1 heterocycles. The van der Waals surface area contributed by atoms with Gasteiger partial charge in [-0.15, -0.1) is 0 Å². The summed E-state index contributed by atoms with van der Waals surface area (Å²) in [5.41, 5.74) is 0.847. The molecule has 1 fully saturated rings. The second-order valence-electron chi connectivity index (χ2n) is 5.22. The van der Waals surface area contributed by atoms with E-state index in [4.69, 9.17) is 11.6 Å². The van der Waals surface area contributed by atoms with E-state index in [1.807, 2.05) is 24.3 Å². The van der Waals surface area contributed by atoms with E-state index in [0.717, 1.165) is 30.9 Å². The van der Waals surface area contributed by atoms with E-state index in [0.29, 0.717) is 11.1 Å². The number of aliphatic hydroxyl groups excluding tert-OH is 1. The minimum absolute atomic E-state index is 0.412. The van der Waals surface area contributed by atoms with Gasteiger partial charge in [-0.1, -0.05) is 43.1 Å². The maximum Gasteiger partial charge on any atom is 0.0819 e. The third-order valence-electron chi connectivity index (χ3n) is 3.95. The molecule has 2 N–H and O–H groups in total. The van der Waals surface area contributed by atoms with Crippen LogP contribution in [0.4, 0.5) is 0 Å². The molecule has 1 aliphatic rings. The summed E-state index contributed by atoms with van der Waals surface area (Å²) in [5.74, 6) is 0.801. The third-order valence-corrected chi connectivity index (χ3v) is 4.30. The fourth-order valence-corrected chi connectivity index (χ4v) is 3.05. The molecule has 3 unspecified atom stereocenters. The molecular formula is C15H22ClNO. The Morgan fingerprint density at radius 3 is 2.94 bits per heavy atom. The first-order valence-electron chi connectivity index (χ1n) is 6.86. The lowest BCUT2D eigenvalue weighted by atomic mass is 9.87. The van der Waals surface area contributed by atoms with Crippen molar-refractivity contribution in [2.75, 3.05) is 6.54 Å². The van der Waals surface area contributed by atoms with Crippen molar-refractivity contribution in [3.8, 4) is 0 Å². The molecule has 100 valence electrons. The first-order chi connectivity index (χ1) is 8.70. The largest absolute Gasteiger partial charge is 0.388 e. The van der Waals surface area contributed by atoms with Gasteiger partial charge in [-0.05, 0) is 43.4 Å². The molecule has 3 heteroatoms. The number of hydrogen-bond acceptors (Lipinski definition) is 2. The molecule has 1 aliphatic heterocycles. The van der Waals surface area contributed by atoms with Crippen LogP contribution in [0.15, 0.2) is 24.3 Å².